The van der Waals surface area contributed by atoms with E-state index in [2.05, 4.69) is 10.2 Å². The number of hydrogen-bond donors (Lipinski definition) is 1. The number of rotatable bonds is 5. The molecule has 0 spiro atoms. The molecule has 1 heterocycles. The summed E-state index contributed by atoms with van der Waals surface area (Å²) >= 11 is 6.31. The number of amides is 2. The van der Waals surface area contributed by atoms with Gasteiger partial charge in [-0.05, 0) is 37.1 Å². The first kappa shape index (κ1) is 21.2. The number of halogens is 1. The highest BCUT2D eigenvalue weighted by atomic mass is 35.5. The number of carbonyl (C=O) groups excluding carboxylic acids is 2. The summed E-state index contributed by atoms with van der Waals surface area (Å²) in [5.41, 5.74) is 2.59. The number of para-hydroxylation sites is 1. The van der Waals surface area contributed by atoms with Crippen LogP contribution in [0.15, 0.2) is 48.5 Å². The van der Waals surface area contributed by atoms with Crippen molar-refractivity contribution < 1.29 is 9.59 Å². The van der Waals surface area contributed by atoms with E-state index < -0.39 is 6.04 Å². The highest BCUT2D eigenvalue weighted by Crippen LogP contribution is 2.26. The van der Waals surface area contributed by atoms with E-state index in [-0.39, 0.29) is 17.7 Å². The summed E-state index contributed by atoms with van der Waals surface area (Å²) in [4.78, 5) is 29.9. The molecule has 6 heteroatoms. The van der Waals surface area contributed by atoms with Crippen molar-refractivity contribution in [1.82, 2.24) is 10.2 Å². The molecule has 2 aromatic carbocycles. The van der Waals surface area contributed by atoms with Crippen LogP contribution < -0.4 is 10.2 Å². The highest BCUT2D eigenvalue weighted by molar-refractivity contribution is 6.33. The number of piperazine rings is 1. The predicted molar refractivity (Wildman–Crippen MR) is 118 cm³/mol. The molecule has 1 unspecified atom stereocenters. The number of aryl methyl sites for hydroxylation is 1. The van der Waals surface area contributed by atoms with Crippen LogP contribution in [0.25, 0.3) is 0 Å². The first-order valence-electron chi connectivity index (χ1n) is 10.0. The van der Waals surface area contributed by atoms with Gasteiger partial charge < -0.3 is 15.1 Å². The molecule has 0 radical (unpaired) electrons. The SMILES string of the molecule is Cc1cccc(C(=O)NC(C(=O)N2CCN(c3ccccc3Cl)CC2)C(C)C)c1. The van der Waals surface area contributed by atoms with Gasteiger partial charge >= 0.3 is 0 Å². The number of hydrogen-bond acceptors (Lipinski definition) is 3. The van der Waals surface area contributed by atoms with Gasteiger partial charge in [0.15, 0.2) is 0 Å². The van der Waals surface area contributed by atoms with Gasteiger partial charge in [-0.2, -0.15) is 0 Å². The van der Waals surface area contributed by atoms with Crippen LogP contribution in [0, 0.1) is 12.8 Å². The van der Waals surface area contributed by atoms with Gasteiger partial charge in [0.05, 0.1) is 10.7 Å². The van der Waals surface area contributed by atoms with Crippen molar-refractivity contribution in [2.45, 2.75) is 26.8 Å². The number of nitrogens with zero attached hydrogens (tertiary/aromatic N) is 2. The lowest BCUT2D eigenvalue weighted by molar-refractivity contribution is -0.134. The third-order valence-corrected chi connectivity index (χ3v) is 5.60. The second kappa shape index (κ2) is 9.31. The molecule has 1 fully saturated rings. The standard InChI is InChI=1S/C23H28ClN3O2/c1-16(2)21(25-22(28)18-8-6-7-17(3)15-18)23(29)27-13-11-26(12-14-27)20-10-5-4-9-19(20)24/h4-10,15-16,21H,11-14H2,1-3H3,(H,25,28). The Labute approximate surface area is 177 Å². The Morgan fingerprint density at radius 2 is 1.69 bits per heavy atom. The van der Waals surface area contributed by atoms with Crippen molar-refractivity contribution in [3.05, 3.63) is 64.7 Å². The predicted octanol–water partition coefficient (Wildman–Crippen LogP) is 3.75. The highest BCUT2D eigenvalue weighted by Gasteiger charge is 2.31. The smallest absolute Gasteiger partial charge is 0.251 e. The average Bonchev–Trinajstić information content (AvgIpc) is 2.71. The van der Waals surface area contributed by atoms with E-state index in [9.17, 15) is 9.59 Å². The van der Waals surface area contributed by atoms with Gasteiger partial charge in [0.2, 0.25) is 5.91 Å². The Kier molecular flexibility index (Phi) is 6.80. The summed E-state index contributed by atoms with van der Waals surface area (Å²) in [6, 6.07) is 14.6. The van der Waals surface area contributed by atoms with Gasteiger partial charge in [-0.25, -0.2) is 0 Å². The van der Waals surface area contributed by atoms with E-state index in [1.54, 1.807) is 6.07 Å². The number of benzene rings is 2. The van der Waals surface area contributed by atoms with Crippen LogP contribution in [0.4, 0.5) is 5.69 Å². The fraction of sp³-hybridized carbons (Fsp3) is 0.391. The lowest BCUT2D eigenvalue weighted by Crippen LogP contribution is -2.56. The third-order valence-electron chi connectivity index (χ3n) is 5.28. The van der Waals surface area contributed by atoms with E-state index in [4.69, 9.17) is 11.6 Å². The molecule has 154 valence electrons. The van der Waals surface area contributed by atoms with Crippen LogP contribution in [0.5, 0.6) is 0 Å². The maximum atomic E-state index is 13.2. The van der Waals surface area contributed by atoms with Gasteiger partial charge in [-0.3, -0.25) is 9.59 Å². The molecule has 0 bridgehead atoms. The fourth-order valence-corrected chi connectivity index (χ4v) is 3.85. The number of nitrogens with one attached hydrogen (secondary N) is 1. The first-order valence-corrected chi connectivity index (χ1v) is 10.4. The minimum absolute atomic E-state index is 0.00198. The van der Waals surface area contributed by atoms with E-state index in [1.807, 2.05) is 68.1 Å². The zero-order valence-electron chi connectivity index (χ0n) is 17.2. The van der Waals surface area contributed by atoms with Gasteiger partial charge in [0.25, 0.3) is 5.91 Å². The summed E-state index contributed by atoms with van der Waals surface area (Å²) < 4.78 is 0. The molecule has 0 aliphatic carbocycles. The summed E-state index contributed by atoms with van der Waals surface area (Å²) in [6.07, 6.45) is 0. The quantitative estimate of drug-likeness (QED) is 0.812. The number of anilines is 1. The van der Waals surface area contributed by atoms with Crippen LogP contribution >= 0.6 is 11.6 Å². The molecule has 0 saturated carbocycles. The Balaban J connectivity index is 1.64. The zero-order chi connectivity index (χ0) is 21.0. The van der Waals surface area contributed by atoms with Gasteiger partial charge in [-0.15, -0.1) is 0 Å². The van der Waals surface area contributed by atoms with Gasteiger partial charge in [-0.1, -0.05) is 55.3 Å². The molecular weight excluding hydrogens is 386 g/mol. The maximum absolute atomic E-state index is 13.2. The van der Waals surface area contributed by atoms with Crippen LogP contribution in [0.3, 0.4) is 0 Å². The number of carbonyl (C=O) groups is 2. The van der Waals surface area contributed by atoms with Crippen molar-refractivity contribution in [1.29, 1.82) is 0 Å². The van der Waals surface area contributed by atoms with E-state index in [0.29, 0.717) is 31.7 Å². The minimum Gasteiger partial charge on any atom is -0.367 e. The molecule has 1 aliphatic rings. The van der Waals surface area contributed by atoms with E-state index in [1.165, 1.54) is 0 Å². The summed E-state index contributed by atoms with van der Waals surface area (Å²) in [5.74, 6) is -0.242. The average molecular weight is 414 g/mol. The lowest BCUT2D eigenvalue weighted by atomic mass is 10.0. The van der Waals surface area contributed by atoms with Crippen molar-refractivity contribution in [2.75, 3.05) is 31.1 Å². The maximum Gasteiger partial charge on any atom is 0.251 e. The molecule has 2 amide bonds. The van der Waals surface area contributed by atoms with Crippen molar-refractivity contribution in [3.63, 3.8) is 0 Å². The molecule has 1 aliphatic heterocycles. The Morgan fingerprint density at radius 3 is 2.31 bits per heavy atom. The van der Waals surface area contributed by atoms with Crippen molar-refractivity contribution in [3.8, 4) is 0 Å². The second-order valence-electron chi connectivity index (χ2n) is 7.83. The van der Waals surface area contributed by atoms with Crippen LogP contribution in [0.2, 0.25) is 5.02 Å². The molecule has 29 heavy (non-hydrogen) atoms. The lowest BCUT2D eigenvalue weighted by Gasteiger charge is -2.38. The second-order valence-corrected chi connectivity index (χ2v) is 8.24. The van der Waals surface area contributed by atoms with E-state index in [0.717, 1.165) is 16.3 Å². The Bertz CT molecular complexity index is 876. The van der Waals surface area contributed by atoms with Crippen molar-refractivity contribution >= 4 is 29.1 Å². The summed E-state index contributed by atoms with van der Waals surface area (Å²) in [5, 5.41) is 3.66. The molecule has 5 nitrogen and oxygen atoms in total. The van der Waals surface area contributed by atoms with Crippen LogP contribution in [0.1, 0.15) is 29.8 Å². The first-order chi connectivity index (χ1) is 13.9. The largest absolute Gasteiger partial charge is 0.367 e. The third kappa shape index (κ3) is 5.10. The molecule has 3 rings (SSSR count). The van der Waals surface area contributed by atoms with E-state index >= 15 is 0 Å². The zero-order valence-corrected chi connectivity index (χ0v) is 17.9. The molecule has 2 aromatic rings. The van der Waals surface area contributed by atoms with Gasteiger partial charge in [0.1, 0.15) is 6.04 Å². The topological polar surface area (TPSA) is 52.7 Å². The van der Waals surface area contributed by atoms with Crippen LogP contribution in [-0.2, 0) is 4.79 Å². The van der Waals surface area contributed by atoms with Gasteiger partial charge in [0, 0.05) is 31.7 Å². The molecule has 0 aromatic heterocycles. The van der Waals surface area contributed by atoms with Crippen molar-refractivity contribution in [2.24, 2.45) is 5.92 Å². The van der Waals surface area contributed by atoms with Crippen LogP contribution in [-0.4, -0.2) is 48.9 Å². The Hall–Kier alpha value is -2.53. The fourth-order valence-electron chi connectivity index (χ4n) is 3.60. The molecule has 1 saturated heterocycles. The normalized spacial score (nSPS) is 15.3. The molecule has 1 atom stereocenters. The minimum atomic E-state index is -0.546. The summed E-state index contributed by atoms with van der Waals surface area (Å²) in [7, 11) is 0. The molecular formula is C23H28ClN3O2. The Morgan fingerprint density at radius 1 is 1.00 bits per heavy atom. The molecule has 1 N–H and O–H groups in total. The summed E-state index contributed by atoms with van der Waals surface area (Å²) in [6.45, 7) is 8.50. The monoisotopic (exact) mass is 413 g/mol.